The van der Waals surface area contributed by atoms with Crippen molar-refractivity contribution in [3.8, 4) is 5.75 Å². The Labute approximate surface area is 110 Å². The van der Waals surface area contributed by atoms with E-state index in [1.165, 1.54) is 7.11 Å². The molecule has 0 aromatic heterocycles. The minimum absolute atomic E-state index is 0.0582. The van der Waals surface area contributed by atoms with Crippen LogP contribution < -0.4 is 4.74 Å². The highest BCUT2D eigenvalue weighted by molar-refractivity contribution is 9.10. The van der Waals surface area contributed by atoms with Crippen molar-refractivity contribution in [3.63, 3.8) is 0 Å². The van der Waals surface area contributed by atoms with Gasteiger partial charge in [0.25, 0.3) is 0 Å². The van der Waals surface area contributed by atoms with E-state index in [4.69, 9.17) is 4.74 Å². The number of benzene rings is 1. The average molecular weight is 301 g/mol. The molecule has 0 N–H and O–H groups in total. The quantitative estimate of drug-likeness (QED) is 0.799. The van der Waals surface area contributed by atoms with E-state index in [0.29, 0.717) is 5.92 Å². The first-order chi connectivity index (χ1) is 7.95. The van der Waals surface area contributed by atoms with Gasteiger partial charge in [-0.1, -0.05) is 29.8 Å². The first-order valence-electron chi connectivity index (χ1n) is 5.45. The zero-order chi connectivity index (χ0) is 13.0. The van der Waals surface area contributed by atoms with Gasteiger partial charge in [0.05, 0.1) is 7.11 Å². The molecule has 0 saturated heterocycles. The lowest BCUT2D eigenvalue weighted by molar-refractivity contribution is -0.142. The molecule has 0 bridgehead atoms. The molecule has 0 saturated carbocycles. The lowest BCUT2D eigenvalue weighted by Gasteiger charge is -2.15. The summed E-state index contributed by atoms with van der Waals surface area (Å²) in [6.45, 7) is 6.10. The second-order valence-electron chi connectivity index (χ2n) is 4.16. The first-order valence-corrected chi connectivity index (χ1v) is 6.24. The maximum atomic E-state index is 11.1. The molecule has 1 aromatic carbocycles. The topological polar surface area (TPSA) is 35.5 Å². The number of hydrogen-bond acceptors (Lipinski definition) is 3. The van der Waals surface area contributed by atoms with Crippen LogP contribution in [0.15, 0.2) is 16.6 Å². The van der Waals surface area contributed by atoms with Gasteiger partial charge in [-0.3, -0.25) is 0 Å². The molecule has 0 fully saturated rings. The number of methoxy groups -OCH3 is 1. The maximum absolute atomic E-state index is 11.1. The molecule has 0 aliphatic rings. The summed E-state index contributed by atoms with van der Waals surface area (Å²) in [7, 11) is 1.35. The summed E-state index contributed by atoms with van der Waals surface area (Å²) in [5.74, 6) is 0.700. The van der Waals surface area contributed by atoms with E-state index in [1.54, 1.807) is 0 Å². The van der Waals surface area contributed by atoms with Gasteiger partial charge in [0, 0.05) is 4.47 Å². The van der Waals surface area contributed by atoms with Crippen LogP contribution in [0, 0.1) is 6.92 Å². The number of carbonyl (C=O) groups excluding carboxylic acids is 1. The Bertz CT molecular complexity index is 413. The molecule has 0 spiro atoms. The second kappa shape index (κ2) is 6.05. The Morgan fingerprint density at radius 2 is 2.06 bits per heavy atom. The zero-order valence-corrected chi connectivity index (χ0v) is 12.1. The molecular formula is C13H17BrO3. The summed E-state index contributed by atoms with van der Waals surface area (Å²) in [6, 6.07) is 3.97. The van der Waals surface area contributed by atoms with E-state index in [9.17, 15) is 4.79 Å². The van der Waals surface area contributed by atoms with Crippen molar-refractivity contribution in [3.05, 3.63) is 27.7 Å². The molecule has 3 nitrogen and oxygen atoms in total. The van der Waals surface area contributed by atoms with E-state index in [1.807, 2.05) is 19.1 Å². The fourth-order valence-electron chi connectivity index (χ4n) is 1.44. The van der Waals surface area contributed by atoms with E-state index in [0.717, 1.165) is 21.3 Å². The van der Waals surface area contributed by atoms with Crippen LogP contribution in [0.5, 0.6) is 5.75 Å². The van der Waals surface area contributed by atoms with E-state index in [2.05, 4.69) is 34.5 Å². The molecule has 4 heteroatoms. The molecule has 17 heavy (non-hydrogen) atoms. The first kappa shape index (κ1) is 14.0. The summed E-state index contributed by atoms with van der Waals surface area (Å²) in [5, 5.41) is 0. The standard InChI is InChI=1S/C13H17BrO3/c1-8(2)10-6-11(14)9(3)5-12(10)17-7-13(15)16-4/h5-6,8H,7H2,1-4H3. The summed E-state index contributed by atoms with van der Waals surface area (Å²) < 4.78 is 11.1. The molecule has 0 atom stereocenters. The van der Waals surface area contributed by atoms with Crippen LogP contribution in [0.1, 0.15) is 30.9 Å². The number of halogens is 1. The third kappa shape index (κ3) is 3.73. The van der Waals surface area contributed by atoms with Crippen molar-refractivity contribution >= 4 is 21.9 Å². The molecule has 1 aromatic rings. The van der Waals surface area contributed by atoms with Gasteiger partial charge >= 0.3 is 5.97 Å². The van der Waals surface area contributed by atoms with E-state index >= 15 is 0 Å². The van der Waals surface area contributed by atoms with Gasteiger partial charge in [0.1, 0.15) is 5.75 Å². The van der Waals surface area contributed by atoms with Gasteiger partial charge in [-0.2, -0.15) is 0 Å². The molecule has 0 heterocycles. The van der Waals surface area contributed by atoms with Crippen molar-refractivity contribution in [2.24, 2.45) is 0 Å². The smallest absolute Gasteiger partial charge is 0.343 e. The molecule has 0 amide bonds. The summed E-state index contributed by atoms with van der Waals surface area (Å²) in [6.07, 6.45) is 0. The molecule has 1 rings (SSSR count). The Balaban J connectivity index is 2.96. The van der Waals surface area contributed by atoms with Crippen molar-refractivity contribution in [2.75, 3.05) is 13.7 Å². The van der Waals surface area contributed by atoms with Crippen LogP contribution in [-0.2, 0) is 9.53 Å². The Kier molecular flexibility index (Phi) is 5.00. The minimum atomic E-state index is -0.375. The number of aryl methyl sites for hydroxylation is 1. The van der Waals surface area contributed by atoms with Gasteiger partial charge in [0.15, 0.2) is 6.61 Å². The highest BCUT2D eigenvalue weighted by atomic mass is 79.9. The monoisotopic (exact) mass is 300 g/mol. The van der Waals surface area contributed by atoms with Crippen LogP contribution in [0.4, 0.5) is 0 Å². The van der Waals surface area contributed by atoms with Crippen molar-refractivity contribution in [1.29, 1.82) is 0 Å². The lowest BCUT2D eigenvalue weighted by Crippen LogP contribution is -2.13. The maximum Gasteiger partial charge on any atom is 0.343 e. The van der Waals surface area contributed by atoms with Crippen LogP contribution in [0.2, 0.25) is 0 Å². The summed E-state index contributed by atoms with van der Waals surface area (Å²) in [4.78, 5) is 11.1. The molecule has 94 valence electrons. The highest BCUT2D eigenvalue weighted by Crippen LogP contribution is 2.32. The predicted molar refractivity (Wildman–Crippen MR) is 70.5 cm³/mol. The number of carbonyl (C=O) groups is 1. The fourth-order valence-corrected chi connectivity index (χ4v) is 1.80. The number of esters is 1. The second-order valence-corrected chi connectivity index (χ2v) is 5.01. The van der Waals surface area contributed by atoms with Gasteiger partial charge in [-0.05, 0) is 36.1 Å². The molecule has 0 aliphatic heterocycles. The van der Waals surface area contributed by atoms with Crippen molar-refractivity contribution < 1.29 is 14.3 Å². The fraction of sp³-hybridized carbons (Fsp3) is 0.462. The number of ether oxygens (including phenoxy) is 2. The van der Waals surface area contributed by atoms with Crippen LogP contribution in [0.25, 0.3) is 0 Å². The highest BCUT2D eigenvalue weighted by Gasteiger charge is 2.12. The van der Waals surface area contributed by atoms with Crippen molar-refractivity contribution in [2.45, 2.75) is 26.7 Å². The predicted octanol–water partition coefficient (Wildman–Crippen LogP) is 3.43. The summed E-state index contributed by atoms with van der Waals surface area (Å²) in [5.41, 5.74) is 2.15. The van der Waals surface area contributed by atoms with Gasteiger partial charge in [-0.25, -0.2) is 4.79 Å². The zero-order valence-electron chi connectivity index (χ0n) is 10.5. The normalized spacial score (nSPS) is 10.5. The molecule has 0 radical (unpaired) electrons. The van der Waals surface area contributed by atoms with Gasteiger partial charge in [-0.15, -0.1) is 0 Å². The van der Waals surface area contributed by atoms with E-state index < -0.39 is 0 Å². The SMILES string of the molecule is COC(=O)COc1cc(C)c(Br)cc1C(C)C. The molecule has 0 aliphatic carbocycles. The van der Waals surface area contributed by atoms with Crippen molar-refractivity contribution in [1.82, 2.24) is 0 Å². The third-order valence-electron chi connectivity index (χ3n) is 2.49. The Hall–Kier alpha value is -1.03. The Morgan fingerprint density at radius 3 is 2.59 bits per heavy atom. The number of rotatable bonds is 4. The van der Waals surface area contributed by atoms with E-state index in [-0.39, 0.29) is 12.6 Å². The van der Waals surface area contributed by atoms with Gasteiger partial charge < -0.3 is 9.47 Å². The molecular weight excluding hydrogens is 284 g/mol. The van der Waals surface area contributed by atoms with Crippen LogP contribution in [-0.4, -0.2) is 19.7 Å². The van der Waals surface area contributed by atoms with Gasteiger partial charge in [0.2, 0.25) is 0 Å². The lowest BCUT2D eigenvalue weighted by atomic mass is 10.0. The Morgan fingerprint density at radius 1 is 1.41 bits per heavy atom. The average Bonchev–Trinajstić information content (AvgIpc) is 2.29. The van der Waals surface area contributed by atoms with Crippen LogP contribution >= 0.6 is 15.9 Å². The largest absolute Gasteiger partial charge is 0.482 e. The molecule has 0 unspecified atom stereocenters. The summed E-state index contributed by atoms with van der Waals surface area (Å²) >= 11 is 3.50. The minimum Gasteiger partial charge on any atom is -0.482 e. The number of hydrogen-bond donors (Lipinski definition) is 0. The van der Waals surface area contributed by atoms with Crippen LogP contribution in [0.3, 0.4) is 0 Å². The third-order valence-corrected chi connectivity index (χ3v) is 3.34.